The molecular weight excluding hydrogens is 314 g/mol. The summed E-state index contributed by atoms with van der Waals surface area (Å²) in [6.45, 7) is 0. The van der Waals surface area contributed by atoms with Gasteiger partial charge < -0.3 is 4.74 Å². The van der Waals surface area contributed by atoms with Crippen LogP contribution >= 0.6 is 11.6 Å². The van der Waals surface area contributed by atoms with Gasteiger partial charge in [-0.1, -0.05) is 24.3 Å². The highest BCUT2D eigenvalue weighted by molar-refractivity contribution is 6.21. The van der Waals surface area contributed by atoms with Gasteiger partial charge >= 0.3 is 5.97 Å². The van der Waals surface area contributed by atoms with Gasteiger partial charge in [-0.15, -0.1) is 11.6 Å². The SMILES string of the molecule is O=C(/C=C\N1C=NC(C2=CC(Cl)CCC2)N1)Oc1ccccc1. The number of halogens is 1. The van der Waals surface area contributed by atoms with Crippen molar-refractivity contribution in [2.75, 3.05) is 0 Å². The maximum absolute atomic E-state index is 11.8. The molecule has 2 atom stereocenters. The first kappa shape index (κ1) is 15.8. The van der Waals surface area contributed by atoms with E-state index in [9.17, 15) is 4.79 Å². The molecule has 2 unspecified atom stereocenters. The summed E-state index contributed by atoms with van der Waals surface area (Å²) in [5.41, 5.74) is 4.38. The first-order valence-corrected chi connectivity index (χ1v) is 8.02. The number of carbonyl (C=O) groups excluding carboxylic acids is 1. The van der Waals surface area contributed by atoms with E-state index in [1.807, 2.05) is 18.2 Å². The number of ether oxygens (including phenoxy) is 1. The van der Waals surface area contributed by atoms with Gasteiger partial charge in [-0.25, -0.2) is 15.2 Å². The molecule has 120 valence electrons. The molecule has 0 saturated heterocycles. The van der Waals surface area contributed by atoms with Gasteiger partial charge in [-0.3, -0.25) is 5.01 Å². The summed E-state index contributed by atoms with van der Waals surface area (Å²) in [6, 6.07) is 8.95. The van der Waals surface area contributed by atoms with Gasteiger partial charge in [0.05, 0.1) is 5.38 Å². The van der Waals surface area contributed by atoms with Gasteiger partial charge in [0.2, 0.25) is 0 Å². The first-order chi connectivity index (χ1) is 11.2. The van der Waals surface area contributed by atoms with E-state index >= 15 is 0 Å². The zero-order valence-corrected chi connectivity index (χ0v) is 13.3. The Balaban J connectivity index is 1.52. The van der Waals surface area contributed by atoms with E-state index in [0.29, 0.717) is 5.75 Å². The number of para-hydroxylation sites is 1. The van der Waals surface area contributed by atoms with E-state index < -0.39 is 5.97 Å². The van der Waals surface area contributed by atoms with Crippen molar-refractivity contribution in [3.8, 4) is 5.75 Å². The minimum atomic E-state index is -0.437. The highest BCUT2D eigenvalue weighted by atomic mass is 35.5. The monoisotopic (exact) mass is 331 g/mol. The van der Waals surface area contributed by atoms with Gasteiger partial charge in [-0.2, -0.15) is 0 Å². The fourth-order valence-electron chi connectivity index (χ4n) is 2.51. The second-order valence-electron chi connectivity index (χ2n) is 5.40. The third kappa shape index (κ3) is 4.43. The zero-order chi connectivity index (χ0) is 16.1. The topological polar surface area (TPSA) is 53.9 Å². The second-order valence-corrected chi connectivity index (χ2v) is 5.96. The molecule has 1 aromatic rings. The Morgan fingerprint density at radius 3 is 3.00 bits per heavy atom. The van der Waals surface area contributed by atoms with E-state index in [0.717, 1.165) is 19.3 Å². The summed E-state index contributed by atoms with van der Waals surface area (Å²) < 4.78 is 5.18. The Bertz CT molecular complexity index is 642. The quantitative estimate of drug-likeness (QED) is 0.303. The summed E-state index contributed by atoms with van der Waals surface area (Å²) in [4.78, 5) is 16.2. The van der Waals surface area contributed by atoms with Gasteiger partial charge in [0.25, 0.3) is 0 Å². The molecule has 0 aromatic heterocycles. The summed E-state index contributed by atoms with van der Waals surface area (Å²) >= 11 is 6.16. The molecule has 6 heteroatoms. The maximum atomic E-state index is 11.8. The highest BCUT2D eigenvalue weighted by Crippen LogP contribution is 2.25. The third-order valence-corrected chi connectivity index (χ3v) is 3.98. The average molecular weight is 332 g/mol. The second kappa shape index (κ2) is 7.44. The molecule has 0 fully saturated rings. The summed E-state index contributed by atoms with van der Waals surface area (Å²) in [5.74, 6) is 0.0798. The van der Waals surface area contributed by atoms with Gasteiger partial charge in [-0.05, 0) is 37.0 Å². The van der Waals surface area contributed by atoms with Crippen LogP contribution in [-0.2, 0) is 4.79 Å². The molecule has 1 N–H and O–H groups in total. The van der Waals surface area contributed by atoms with Crippen molar-refractivity contribution in [1.82, 2.24) is 10.4 Å². The molecule has 0 spiro atoms. The Hall–Kier alpha value is -2.11. The predicted octanol–water partition coefficient (Wildman–Crippen LogP) is 3.00. The van der Waals surface area contributed by atoms with Crippen molar-refractivity contribution in [2.45, 2.75) is 30.8 Å². The number of rotatable bonds is 4. The summed E-state index contributed by atoms with van der Waals surface area (Å²) in [7, 11) is 0. The van der Waals surface area contributed by atoms with Crippen molar-refractivity contribution >= 4 is 23.9 Å². The Labute approximate surface area is 140 Å². The van der Waals surface area contributed by atoms with Crippen LogP contribution in [0.5, 0.6) is 5.75 Å². The average Bonchev–Trinajstić information content (AvgIpc) is 3.03. The molecule has 1 aliphatic heterocycles. The van der Waals surface area contributed by atoms with Crippen LogP contribution in [0.3, 0.4) is 0 Å². The molecule has 1 heterocycles. The summed E-state index contributed by atoms with van der Waals surface area (Å²) in [5, 5.41) is 1.73. The van der Waals surface area contributed by atoms with Gasteiger partial charge in [0, 0.05) is 12.3 Å². The molecule has 23 heavy (non-hydrogen) atoms. The zero-order valence-electron chi connectivity index (χ0n) is 12.6. The number of allylic oxidation sites excluding steroid dienone is 1. The maximum Gasteiger partial charge on any atom is 0.337 e. The molecule has 0 bridgehead atoms. The molecule has 5 nitrogen and oxygen atoms in total. The molecular formula is C17H18ClN3O2. The standard InChI is InChI=1S/C17H18ClN3O2/c18-14-6-4-5-13(11-14)17-19-12-21(20-17)10-9-16(22)23-15-7-2-1-3-8-15/h1-3,7-12,14,17,20H,4-6H2/b10-9-. The highest BCUT2D eigenvalue weighted by Gasteiger charge is 2.22. The van der Waals surface area contributed by atoms with E-state index in [1.54, 1.807) is 29.7 Å². The van der Waals surface area contributed by atoms with Crippen LogP contribution in [0.1, 0.15) is 19.3 Å². The normalized spacial score (nSPS) is 24.0. The van der Waals surface area contributed by atoms with Crippen molar-refractivity contribution in [2.24, 2.45) is 4.99 Å². The molecule has 0 amide bonds. The predicted molar refractivity (Wildman–Crippen MR) is 90.0 cm³/mol. The van der Waals surface area contributed by atoms with E-state index in [-0.39, 0.29) is 11.5 Å². The van der Waals surface area contributed by atoms with Crippen LogP contribution in [-0.4, -0.2) is 28.9 Å². The lowest BCUT2D eigenvalue weighted by atomic mass is 9.97. The van der Waals surface area contributed by atoms with Crippen LogP contribution in [0.15, 0.2) is 59.2 Å². The molecule has 3 rings (SSSR count). The van der Waals surface area contributed by atoms with Crippen LogP contribution in [0, 0.1) is 0 Å². The Morgan fingerprint density at radius 1 is 1.39 bits per heavy atom. The number of alkyl halides is 1. The molecule has 0 radical (unpaired) electrons. The van der Waals surface area contributed by atoms with Crippen molar-refractivity contribution in [3.63, 3.8) is 0 Å². The first-order valence-electron chi connectivity index (χ1n) is 7.58. The minimum Gasteiger partial charge on any atom is -0.423 e. The largest absolute Gasteiger partial charge is 0.423 e. The van der Waals surface area contributed by atoms with Crippen molar-refractivity contribution < 1.29 is 9.53 Å². The Kier molecular flexibility index (Phi) is 5.10. The molecule has 1 aliphatic carbocycles. The van der Waals surface area contributed by atoms with Crippen LogP contribution < -0.4 is 10.2 Å². The summed E-state index contributed by atoms with van der Waals surface area (Å²) in [6.07, 6.45) is 9.64. The number of carbonyl (C=O) groups is 1. The third-order valence-electron chi connectivity index (χ3n) is 3.64. The van der Waals surface area contributed by atoms with Crippen molar-refractivity contribution in [3.05, 3.63) is 54.3 Å². The lowest BCUT2D eigenvalue weighted by Gasteiger charge is -2.21. The van der Waals surface area contributed by atoms with E-state index in [2.05, 4.69) is 16.5 Å². The molecule has 2 aliphatic rings. The number of hydrogen-bond acceptors (Lipinski definition) is 5. The smallest absolute Gasteiger partial charge is 0.337 e. The number of benzene rings is 1. The number of esters is 1. The lowest BCUT2D eigenvalue weighted by molar-refractivity contribution is -0.129. The Morgan fingerprint density at radius 2 is 2.22 bits per heavy atom. The van der Waals surface area contributed by atoms with Crippen molar-refractivity contribution in [1.29, 1.82) is 0 Å². The van der Waals surface area contributed by atoms with E-state index in [1.165, 1.54) is 11.6 Å². The van der Waals surface area contributed by atoms with E-state index in [4.69, 9.17) is 16.3 Å². The lowest BCUT2D eigenvalue weighted by Crippen LogP contribution is -2.35. The number of hydrogen-bond donors (Lipinski definition) is 1. The van der Waals surface area contributed by atoms with Gasteiger partial charge in [0.15, 0.2) is 0 Å². The fourth-order valence-corrected chi connectivity index (χ4v) is 2.83. The number of aliphatic imine (C=N–C) groups is 1. The number of nitrogens with one attached hydrogen (secondary N) is 1. The number of hydrazine groups is 1. The molecule has 0 saturated carbocycles. The number of nitrogens with zero attached hydrogens (tertiary/aromatic N) is 2. The van der Waals surface area contributed by atoms with Crippen LogP contribution in [0.2, 0.25) is 0 Å². The minimum absolute atomic E-state index is 0.0844. The van der Waals surface area contributed by atoms with Crippen LogP contribution in [0.4, 0.5) is 0 Å². The fraction of sp³-hybridized carbons (Fsp3) is 0.294. The van der Waals surface area contributed by atoms with Crippen LogP contribution in [0.25, 0.3) is 0 Å². The van der Waals surface area contributed by atoms with Gasteiger partial charge in [0.1, 0.15) is 18.3 Å². The molecule has 1 aromatic carbocycles.